The van der Waals surface area contributed by atoms with Crippen LogP contribution < -0.4 is 0 Å². The maximum atomic E-state index is 12.7. The first-order valence-electron chi connectivity index (χ1n) is 6.58. The van der Waals surface area contributed by atoms with E-state index in [1.807, 2.05) is 13.8 Å². The molecule has 0 aliphatic heterocycles. The highest BCUT2D eigenvalue weighted by Gasteiger charge is 2.39. The second-order valence-electron chi connectivity index (χ2n) is 5.38. The van der Waals surface area contributed by atoms with E-state index >= 15 is 0 Å². The zero-order chi connectivity index (χ0) is 14.0. The maximum absolute atomic E-state index is 12.7. The smallest absolute Gasteiger partial charge is 0.185 e. The average Bonchev–Trinajstić information content (AvgIpc) is 2.39. The molecule has 1 N–H and O–H groups in total. The molecule has 0 heterocycles. The van der Waals surface area contributed by atoms with Gasteiger partial charge in [-0.05, 0) is 24.5 Å². The summed E-state index contributed by atoms with van der Waals surface area (Å²) in [5.74, 6) is -0.140. The highest BCUT2D eigenvalue weighted by molar-refractivity contribution is 7.92. The number of hydrogen-bond acceptors (Lipinski definition) is 3. The van der Waals surface area contributed by atoms with Gasteiger partial charge in [-0.2, -0.15) is 0 Å². The van der Waals surface area contributed by atoms with Crippen molar-refractivity contribution in [2.45, 2.75) is 36.5 Å². The Morgan fingerprint density at radius 2 is 1.84 bits per heavy atom. The van der Waals surface area contributed by atoms with E-state index in [9.17, 15) is 13.5 Å². The Morgan fingerprint density at radius 3 is 2.42 bits per heavy atom. The number of benzene rings is 1. The average molecular weight is 280 g/mol. The molecule has 0 bridgehead atoms. The zero-order valence-corrected chi connectivity index (χ0v) is 12.0. The van der Waals surface area contributed by atoms with Crippen molar-refractivity contribution in [2.75, 3.05) is 0 Å². The molecule has 19 heavy (non-hydrogen) atoms. The molecule has 4 heteroatoms. The third-order valence-corrected chi connectivity index (χ3v) is 5.84. The second-order valence-corrected chi connectivity index (χ2v) is 7.48. The minimum Gasteiger partial charge on any atom is -0.392 e. The fourth-order valence-electron chi connectivity index (χ4n) is 2.76. The molecular weight excluding hydrogens is 260 g/mol. The molecule has 0 saturated heterocycles. The van der Waals surface area contributed by atoms with Crippen molar-refractivity contribution in [1.29, 1.82) is 0 Å². The molecule has 0 fully saturated rings. The summed E-state index contributed by atoms with van der Waals surface area (Å²) in [6.07, 6.45) is 3.45. The Kier molecular flexibility index (Phi) is 4.11. The third-order valence-electron chi connectivity index (χ3n) is 3.73. The minimum absolute atomic E-state index is 0.114. The lowest BCUT2D eigenvalue weighted by Crippen LogP contribution is -2.41. The molecular formula is C15H20O3S. The van der Waals surface area contributed by atoms with Crippen LogP contribution in [0.4, 0.5) is 0 Å². The van der Waals surface area contributed by atoms with Crippen LogP contribution in [0.1, 0.15) is 20.3 Å². The van der Waals surface area contributed by atoms with Gasteiger partial charge < -0.3 is 5.11 Å². The predicted molar refractivity (Wildman–Crippen MR) is 75.5 cm³/mol. The van der Waals surface area contributed by atoms with Crippen molar-refractivity contribution >= 4 is 9.84 Å². The second kappa shape index (κ2) is 5.47. The summed E-state index contributed by atoms with van der Waals surface area (Å²) in [6, 6.07) is 8.47. The molecule has 3 unspecified atom stereocenters. The predicted octanol–water partition coefficient (Wildman–Crippen LogP) is 2.42. The number of sulfone groups is 1. The van der Waals surface area contributed by atoms with Gasteiger partial charge in [-0.25, -0.2) is 8.42 Å². The minimum atomic E-state index is -3.44. The lowest BCUT2D eigenvalue weighted by molar-refractivity contribution is 0.0816. The van der Waals surface area contributed by atoms with Gasteiger partial charge in [-0.15, -0.1) is 0 Å². The molecule has 0 amide bonds. The summed E-state index contributed by atoms with van der Waals surface area (Å²) in [7, 11) is -3.44. The van der Waals surface area contributed by atoms with Crippen LogP contribution in [0.3, 0.4) is 0 Å². The van der Waals surface area contributed by atoms with E-state index in [0.717, 1.165) is 0 Å². The topological polar surface area (TPSA) is 54.4 Å². The van der Waals surface area contributed by atoms with Gasteiger partial charge in [0.1, 0.15) is 0 Å². The van der Waals surface area contributed by atoms with E-state index < -0.39 is 21.2 Å². The number of aliphatic hydroxyl groups excluding tert-OH is 1. The SMILES string of the molecule is CC(C)C1C(O)CC=CC1S(=O)(=O)c1ccccc1. The van der Waals surface area contributed by atoms with Gasteiger partial charge in [-0.1, -0.05) is 44.2 Å². The normalized spacial score (nSPS) is 27.7. The largest absolute Gasteiger partial charge is 0.392 e. The van der Waals surface area contributed by atoms with Crippen LogP contribution in [0.2, 0.25) is 0 Å². The summed E-state index contributed by atoms with van der Waals surface area (Å²) in [4.78, 5) is 0.324. The van der Waals surface area contributed by atoms with Crippen LogP contribution in [-0.4, -0.2) is 24.9 Å². The Bertz CT molecular complexity index is 546. The van der Waals surface area contributed by atoms with Crippen molar-refractivity contribution in [3.05, 3.63) is 42.5 Å². The van der Waals surface area contributed by atoms with Crippen LogP contribution in [0.5, 0.6) is 0 Å². The number of aliphatic hydroxyl groups is 1. The Morgan fingerprint density at radius 1 is 1.21 bits per heavy atom. The molecule has 3 nitrogen and oxygen atoms in total. The number of hydrogen-bond donors (Lipinski definition) is 1. The van der Waals surface area contributed by atoms with Crippen LogP contribution >= 0.6 is 0 Å². The highest BCUT2D eigenvalue weighted by atomic mass is 32.2. The zero-order valence-electron chi connectivity index (χ0n) is 11.2. The molecule has 0 saturated carbocycles. The van der Waals surface area contributed by atoms with Crippen LogP contribution in [0, 0.1) is 11.8 Å². The highest BCUT2D eigenvalue weighted by Crippen LogP contribution is 2.34. The fourth-order valence-corrected chi connectivity index (χ4v) is 4.84. The van der Waals surface area contributed by atoms with Crippen molar-refractivity contribution in [1.82, 2.24) is 0 Å². The van der Waals surface area contributed by atoms with Crippen molar-refractivity contribution in [3.63, 3.8) is 0 Å². The summed E-state index contributed by atoms with van der Waals surface area (Å²) in [5, 5.41) is 9.46. The van der Waals surface area contributed by atoms with Crippen LogP contribution in [0.15, 0.2) is 47.4 Å². The monoisotopic (exact) mass is 280 g/mol. The summed E-state index contributed by atoms with van der Waals surface area (Å²) < 4.78 is 25.4. The first kappa shape index (κ1) is 14.3. The third kappa shape index (κ3) is 2.74. The van der Waals surface area contributed by atoms with E-state index in [2.05, 4.69) is 0 Å². The van der Waals surface area contributed by atoms with Crippen LogP contribution in [-0.2, 0) is 9.84 Å². The molecule has 3 atom stereocenters. The lowest BCUT2D eigenvalue weighted by Gasteiger charge is -2.34. The van der Waals surface area contributed by atoms with Crippen molar-refractivity contribution in [3.8, 4) is 0 Å². The Balaban J connectivity index is 2.44. The molecule has 1 aromatic rings. The van der Waals surface area contributed by atoms with E-state index in [-0.39, 0.29) is 11.8 Å². The lowest BCUT2D eigenvalue weighted by atomic mass is 9.82. The molecule has 0 radical (unpaired) electrons. The summed E-state index contributed by atoms with van der Waals surface area (Å²) in [5.41, 5.74) is 0. The summed E-state index contributed by atoms with van der Waals surface area (Å²) in [6.45, 7) is 3.92. The van der Waals surface area contributed by atoms with E-state index in [1.165, 1.54) is 0 Å². The van der Waals surface area contributed by atoms with E-state index in [4.69, 9.17) is 0 Å². The van der Waals surface area contributed by atoms with Gasteiger partial charge in [0.05, 0.1) is 16.2 Å². The summed E-state index contributed by atoms with van der Waals surface area (Å²) >= 11 is 0. The van der Waals surface area contributed by atoms with E-state index in [0.29, 0.717) is 11.3 Å². The van der Waals surface area contributed by atoms with Crippen molar-refractivity contribution < 1.29 is 13.5 Å². The molecule has 1 aromatic carbocycles. The Hall–Kier alpha value is -1.13. The van der Waals surface area contributed by atoms with Crippen molar-refractivity contribution in [2.24, 2.45) is 11.8 Å². The van der Waals surface area contributed by atoms with E-state index in [1.54, 1.807) is 42.5 Å². The van der Waals surface area contributed by atoms with Gasteiger partial charge in [0.2, 0.25) is 0 Å². The van der Waals surface area contributed by atoms with Gasteiger partial charge in [0, 0.05) is 5.92 Å². The van der Waals surface area contributed by atoms with Gasteiger partial charge in [-0.3, -0.25) is 0 Å². The molecule has 0 aromatic heterocycles. The molecule has 2 rings (SSSR count). The molecule has 104 valence electrons. The molecule has 0 spiro atoms. The first-order chi connectivity index (χ1) is 8.94. The van der Waals surface area contributed by atoms with Gasteiger partial charge in [0.25, 0.3) is 0 Å². The number of rotatable bonds is 3. The first-order valence-corrected chi connectivity index (χ1v) is 8.13. The van der Waals surface area contributed by atoms with Gasteiger partial charge >= 0.3 is 0 Å². The quantitative estimate of drug-likeness (QED) is 0.865. The molecule has 1 aliphatic rings. The van der Waals surface area contributed by atoms with Gasteiger partial charge in [0.15, 0.2) is 9.84 Å². The maximum Gasteiger partial charge on any atom is 0.185 e. The molecule has 1 aliphatic carbocycles. The fraction of sp³-hybridized carbons (Fsp3) is 0.467. The van der Waals surface area contributed by atoms with Crippen LogP contribution in [0.25, 0.3) is 0 Å². The Labute approximate surface area is 114 Å². The standard InChI is InChI=1S/C15H20O3S/c1-11(2)15-13(16)9-6-10-14(15)19(17,18)12-7-4-3-5-8-12/h3-8,10-11,13-16H,9H2,1-2H3.